The Morgan fingerprint density at radius 2 is 1.84 bits per heavy atom. The van der Waals surface area contributed by atoms with Gasteiger partial charge in [0.2, 0.25) is 5.78 Å². The fourth-order valence-electron chi connectivity index (χ4n) is 3.62. The molecule has 0 radical (unpaired) electrons. The van der Waals surface area contributed by atoms with Crippen molar-refractivity contribution in [2.75, 3.05) is 11.5 Å². The molecule has 0 aliphatic carbocycles. The lowest BCUT2D eigenvalue weighted by Crippen LogP contribution is -2.19. The zero-order chi connectivity index (χ0) is 22.7. The molecule has 1 N–H and O–H groups in total. The van der Waals surface area contributed by atoms with Crippen molar-refractivity contribution in [3.05, 3.63) is 80.7 Å². The average molecular weight is 474 g/mol. The maximum absolute atomic E-state index is 13.3. The Hall–Kier alpha value is -2.84. The third-order valence-electron chi connectivity index (χ3n) is 5.43. The van der Waals surface area contributed by atoms with Crippen LogP contribution in [0.3, 0.4) is 0 Å². The van der Waals surface area contributed by atoms with Crippen LogP contribution in [0.25, 0.3) is 0 Å². The van der Waals surface area contributed by atoms with Crippen molar-refractivity contribution in [1.82, 2.24) is 9.78 Å². The van der Waals surface area contributed by atoms with E-state index in [0.29, 0.717) is 17.3 Å². The van der Waals surface area contributed by atoms with Gasteiger partial charge in [0, 0.05) is 30.3 Å². The van der Waals surface area contributed by atoms with Crippen molar-refractivity contribution in [1.29, 1.82) is 0 Å². The van der Waals surface area contributed by atoms with E-state index in [2.05, 4.69) is 9.46 Å². The van der Waals surface area contributed by atoms with Gasteiger partial charge < -0.3 is 9.84 Å². The van der Waals surface area contributed by atoms with Gasteiger partial charge >= 0.3 is 0 Å². The summed E-state index contributed by atoms with van der Waals surface area (Å²) in [5, 5.41) is 2.73. The summed E-state index contributed by atoms with van der Waals surface area (Å²) in [7, 11) is -0.982. The molecular weight excluding hydrogens is 450 g/mol. The molecule has 0 spiro atoms. The van der Waals surface area contributed by atoms with Crippen molar-refractivity contribution in [2.24, 2.45) is 11.4 Å². The molecule has 2 aromatic carbocycles. The summed E-state index contributed by atoms with van der Waals surface area (Å²) in [6, 6.07) is 12.7. The molecule has 1 fully saturated rings. The number of hydrogen-bond acceptors (Lipinski definition) is 5. The fourth-order valence-corrected chi connectivity index (χ4v) is 6.17. The lowest BCUT2D eigenvalue weighted by atomic mass is 10.0. The van der Waals surface area contributed by atoms with Crippen molar-refractivity contribution >= 4 is 32.8 Å². The Kier molecular flexibility index (Phi) is 6.53. The molecule has 2 heterocycles. The summed E-state index contributed by atoms with van der Waals surface area (Å²) >= 11 is 6.64. The Morgan fingerprint density at radius 1 is 1.12 bits per heavy atom. The van der Waals surface area contributed by atoms with Gasteiger partial charge in [0.05, 0.1) is 14.8 Å². The first kappa shape index (κ1) is 22.4. The maximum Gasteiger partial charge on any atom is 0.277 e. The summed E-state index contributed by atoms with van der Waals surface area (Å²) in [5.74, 6) is 0.794. The molecule has 0 bridgehead atoms. The molecule has 7 nitrogen and oxygen atoms in total. The molecule has 0 saturated carbocycles. The second-order valence-electron chi connectivity index (χ2n) is 7.76. The first-order valence-electron chi connectivity index (χ1n) is 10.4. The maximum atomic E-state index is 13.3. The number of aryl methyl sites for hydroxylation is 1. The van der Waals surface area contributed by atoms with E-state index >= 15 is 0 Å². The summed E-state index contributed by atoms with van der Waals surface area (Å²) in [6.45, 7) is 0.270. The minimum Gasteiger partial charge on any atom is -0.487 e. The number of aromatic amines is 1. The normalized spacial score (nSPS) is 15.3. The summed E-state index contributed by atoms with van der Waals surface area (Å²) < 4.78 is 25.1. The van der Waals surface area contributed by atoms with Crippen molar-refractivity contribution in [3.8, 4) is 5.75 Å². The van der Waals surface area contributed by atoms with E-state index in [1.165, 1.54) is 24.0 Å². The van der Waals surface area contributed by atoms with Crippen LogP contribution in [0, 0.1) is 0 Å². The number of ketones is 1. The molecule has 9 heteroatoms. The molecule has 1 aliphatic rings. The Labute approximate surface area is 191 Å². The summed E-state index contributed by atoms with van der Waals surface area (Å²) in [5.41, 5.74) is 0.792. The lowest BCUT2D eigenvalue weighted by molar-refractivity contribution is 0.103. The quantitative estimate of drug-likeness (QED) is 0.535. The van der Waals surface area contributed by atoms with Gasteiger partial charge in [0.15, 0.2) is 0 Å². The SMILES string of the molecule is Cn1[nH]cc(C(=O)c2ccc(OCc3ccccc3)c(N=S3(=O)CCCCC3)c2Cl)c1=O. The first-order valence-corrected chi connectivity index (χ1v) is 12.6. The van der Waals surface area contributed by atoms with Gasteiger partial charge in [0.25, 0.3) is 5.56 Å². The highest BCUT2D eigenvalue weighted by atomic mass is 35.5. The van der Waals surface area contributed by atoms with Gasteiger partial charge in [-0.3, -0.25) is 14.3 Å². The second kappa shape index (κ2) is 9.34. The largest absolute Gasteiger partial charge is 0.487 e. The molecule has 0 unspecified atom stereocenters. The van der Waals surface area contributed by atoms with Crippen LogP contribution in [0.5, 0.6) is 5.75 Å². The van der Waals surface area contributed by atoms with Gasteiger partial charge in [-0.25, -0.2) is 4.21 Å². The average Bonchev–Trinajstić information content (AvgIpc) is 3.13. The van der Waals surface area contributed by atoms with Gasteiger partial charge in [-0.1, -0.05) is 48.4 Å². The van der Waals surface area contributed by atoms with E-state index < -0.39 is 21.1 Å². The minimum atomic E-state index is -2.51. The van der Waals surface area contributed by atoms with Crippen LogP contribution < -0.4 is 10.3 Å². The molecule has 168 valence electrons. The van der Waals surface area contributed by atoms with Crippen LogP contribution in [-0.2, 0) is 23.4 Å². The minimum absolute atomic E-state index is 0.0276. The Morgan fingerprint density at radius 3 is 2.50 bits per heavy atom. The third kappa shape index (κ3) is 4.66. The zero-order valence-electron chi connectivity index (χ0n) is 17.7. The van der Waals surface area contributed by atoms with E-state index in [9.17, 15) is 13.8 Å². The fraction of sp³-hybridized carbons (Fsp3) is 0.304. The molecule has 1 saturated heterocycles. The highest BCUT2D eigenvalue weighted by Crippen LogP contribution is 2.40. The van der Waals surface area contributed by atoms with Crippen LogP contribution in [0.15, 0.2) is 57.8 Å². The zero-order valence-corrected chi connectivity index (χ0v) is 19.2. The molecule has 1 aliphatic heterocycles. The molecule has 0 amide bonds. The van der Waals surface area contributed by atoms with Crippen molar-refractivity contribution < 1.29 is 13.7 Å². The van der Waals surface area contributed by atoms with Crippen LogP contribution in [-0.4, -0.2) is 31.3 Å². The van der Waals surface area contributed by atoms with E-state index in [4.69, 9.17) is 16.3 Å². The molecule has 3 aromatic rings. The van der Waals surface area contributed by atoms with Gasteiger partial charge in [-0.05, 0) is 30.5 Å². The molecular formula is C23H24ClN3O4S. The van der Waals surface area contributed by atoms with Gasteiger partial charge in [-0.2, -0.15) is 4.36 Å². The number of H-pyrrole nitrogens is 1. The van der Waals surface area contributed by atoms with Gasteiger partial charge in [-0.15, -0.1) is 0 Å². The highest BCUT2D eigenvalue weighted by molar-refractivity contribution is 7.93. The number of aromatic nitrogens is 2. The number of halogens is 1. The second-order valence-corrected chi connectivity index (χ2v) is 10.7. The van der Waals surface area contributed by atoms with E-state index in [1.807, 2.05) is 30.3 Å². The van der Waals surface area contributed by atoms with E-state index in [1.54, 1.807) is 6.07 Å². The number of carbonyl (C=O) groups excluding carboxylic acids is 1. The highest BCUT2D eigenvalue weighted by Gasteiger charge is 2.24. The predicted molar refractivity (Wildman–Crippen MR) is 126 cm³/mol. The summed E-state index contributed by atoms with van der Waals surface area (Å²) in [4.78, 5) is 25.3. The number of hydrogen-bond donors (Lipinski definition) is 1. The standard InChI is InChI=1S/C23H24ClN3O4S/c1-27-23(29)18(14-25-27)22(28)17-10-11-19(31-15-16-8-4-2-5-9-16)21(20(17)24)26-32(30)12-6-3-7-13-32/h2,4-5,8-11,14,25H,3,6-7,12-13,15H2,1H3. The number of nitrogens with one attached hydrogen (secondary N) is 1. The van der Waals surface area contributed by atoms with Crippen LogP contribution in [0.2, 0.25) is 5.02 Å². The Balaban J connectivity index is 1.78. The predicted octanol–water partition coefficient (Wildman–Crippen LogP) is 4.46. The smallest absolute Gasteiger partial charge is 0.277 e. The number of ether oxygens (including phenoxy) is 1. The summed E-state index contributed by atoms with van der Waals surface area (Å²) in [6.07, 6.45) is 4.03. The van der Waals surface area contributed by atoms with Crippen molar-refractivity contribution in [3.63, 3.8) is 0 Å². The molecule has 4 rings (SSSR count). The van der Waals surface area contributed by atoms with E-state index in [-0.39, 0.29) is 28.4 Å². The first-order chi connectivity index (χ1) is 15.4. The number of nitrogens with zero attached hydrogens (tertiary/aromatic N) is 2. The van der Waals surface area contributed by atoms with Crippen molar-refractivity contribution in [2.45, 2.75) is 25.9 Å². The molecule has 32 heavy (non-hydrogen) atoms. The number of rotatable bonds is 6. The topological polar surface area (TPSA) is 93.5 Å². The molecule has 0 atom stereocenters. The third-order valence-corrected chi connectivity index (χ3v) is 8.18. The van der Waals surface area contributed by atoms with Gasteiger partial charge in [0.1, 0.15) is 23.6 Å². The Bertz CT molecular complexity index is 1310. The molecule has 1 aromatic heterocycles. The van der Waals surface area contributed by atoms with E-state index in [0.717, 1.165) is 24.8 Å². The van der Waals surface area contributed by atoms with Crippen LogP contribution in [0.4, 0.5) is 5.69 Å². The van der Waals surface area contributed by atoms with Crippen LogP contribution in [0.1, 0.15) is 40.7 Å². The lowest BCUT2D eigenvalue weighted by Gasteiger charge is -2.18. The van der Waals surface area contributed by atoms with Crippen LogP contribution >= 0.6 is 11.6 Å². The number of benzene rings is 2. The number of carbonyl (C=O) groups is 1. The monoisotopic (exact) mass is 473 g/mol.